The third-order valence-electron chi connectivity index (χ3n) is 4.21. The summed E-state index contributed by atoms with van der Waals surface area (Å²) in [6.07, 6.45) is 1.41. The first kappa shape index (κ1) is 15.7. The summed E-state index contributed by atoms with van der Waals surface area (Å²) in [4.78, 5) is 11.7. The average molecular weight is 311 g/mol. The lowest BCUT2D eigenvalue weighted by Crippen LogP contribution is -2.32. The fourth-order valence-corrected chi connectivity index (χ4v) is 3.04. The lowest BCUT2D eigenvalue weighted by atomic mass is 9.91. The Hall–Kier alpha value is -2.17. The lowest BCUT2D eigenvalue weighted by Gasteiger charge is -2.34. The molecule has 0 amide bonds. The van der Waals surface area contributed by atoms with E-state index in [1.165, 1.54) is 7.11 Å². The summed E-state index contributed by atoms with van der Waals surface area (Å²) < 4.78 is 11.1. The fraction of sp³-hybridized carbons (Fsp3) is 0.316. The van der Waals surface area contributed by atoms with Crippen LogP contribution in [0.25, 0.3) is 0 Å². The van der Waals surface area contributed by atoms with Crippen LogP contribution in [0.15, 0.2) is 54.6 Å². The highest BCUT2D eigenvalue weighted by Crippen LogP contribution is 2.38. The van der Waals surface area contributed by atoms with Gasteiger partial charge in [-0.15, -0.1) is 0 Å². The molecule has 1 fully saturated rings. The summed E-state index contributed by atoms with van der Waals surface area (Å²) in [5.41, 5.74) is 8.87. The molecule has 0 saturated carbocycles. The fourth-order valence-electron chi connectivity index (χ4n) is 3.04. The van der Waals surface area contributed by atoms with Crippen molar-refractivity contribution in [2.75, 3.05) is 7.11 Å². The van der Waals surface area contributed by atoms with E-state index in [0.29, 0.717) is 5.56 Å². The van der Waals surface area contributed by atoms with Gasteiger partial charge in [0.05, 0.1) is 24.9 Å². The van der Waals surface area contributed by atoms with E-state index >= 15 is 0 Å². The minimum Gasteiger partial charge on any atom is -0.465 e. The number of esters is 1. The van der Waals surface area contributed by atoms with Gasteiger partial charge in [-0.05, 0) is 36.1 Å². The number of benzene rings is 2. The SMILES string of the molecule is COC(=O)c1cccc([C@H]2C[C@H](N)C[C@@H](c3ccccc3)O2)c1. The summed E-state index contributed by atoms with van der Waals surface area (Å²) in [5.74, 6) is -0.341. The Morgan fingerprint density at radius 2 is 1.70 bits per heavy atom. The molecule has 0 aromatic heterocycles. The molecule has 1 aliphatic rings. The number of methoxy groups -OCH3 is 1. The minimum absolute atomic E-state index is 0.0215. The molecule has 0 unspecified atom stereocenters. The molecule has 0 spiro atoms. The van der Waals surface area contributed by atoms with Gasteiger partial charge in [0.2, 0.25) is 0 Å². The van der Waals surface area contributed by atoms with Crippen LogP contribution in [-0.4, -0.2) is 19.1 Å². The van der Waals surface area contributed by atoms with Crippen LogP contribution in [0.1, 0.15) is 46.5 Å². The van der Waals surface area contributed by atoms with Gasteiger partial charge in [-0.3, -0.25) is 0 Å². The lowest BCUT2D eigenvalue weighted by molar-refractivity contribution is -0.0605. The second-order valence-corrected chi connectivity index (χ2v) is 5.87. The Kier molecular flexibility index (Phi) is 4.74. The van der Waals surface area contributed by atoms with Gasteiger partial charge < -0.3 is 15.2 Å². The summed E-state index contributed by atoms with van der Waals surface area (Å²) in [5, 5.41) is 0. The number of hydrogen-bond acceptors (Lipinski definition) is 4. The Morgan fingerprint density at radius 1 is 1.04 bits per heavy atom. The molecule has 0 radical (unpaired) electrons. The molecule has 1 aliphatic heterocycles. The number of carbonyl (C=O) groups is 1. The molecular weight excluding hydrogens is 290 g/mol. The molecule has 120 valence electrons. The average Bonchev–Trinajstić information content (AvgIpc) is 2.61. The number of nitrogens with two attached hydrogens (primary N) is 1. The van der Waals surface area contributed by atoms with Crippen LogP contribution in [-0.2, 0) is 9.47 Å². The van der Waals surface area contributed by atoms with Crippen molar-refractivity contribution in [2.45, 2.75) is 31.1 Å². The molecule has 3 atom stereocenters. The molecule has 4 heteroatoms. The van der Waals surface area contributed by atoms with Crippen molar-refractivity contribution in [3.63, 3.8) is 0 Å². The normalized spacial score (nSPS) is 24.2. The summed E-state index contributed by atoms with van der Waals surface area (Å²) in [6, 6.07) is 17.6. The monoisotopic (exact) mass is 311 g/mol. The van der Waals surface area contributed by atoms with Crippen molar-refractivity contribution in [2.24, 2.45) is 5.73 Å². The highest BCUT2D eigenvalue weighted by Gasteiger charge is 2.29. The van der Waals surface area contributed by atoms with Crippen molar-refractivity contribution >= 4 is 5.97 Å². The zero-order valence-electron chi connectivity index (χ0n) is 13.1. The Bertz CT molecular complexity index is 671. The van der Waals surface area contributed by atoms with Crippen LogP contribution in [0.5, 0.6) is 0 Å². The van der Waals surface area contributed by atoms with Crippen molar-refractivity contribution < 1.29 is 14.3 Å². The van der Waals surface area contributed by atoms with Crippen molar-refractivity contribution in [3.05, 3.63) is 71.3 Å². The molecule has 1 saturated heterocycles. The second kappa shape index (κ2) is 6.94. The van der Waals surface area contributed by atoms with Gasteiger partial charge in [0.25, 0.3) is 0 Å². The van der Waals surface area contributed by atoms with Crippen molar-refractivity contribution in [1.29, 1.82) is 0 Å². The van der Waals surface area contributed by atoms with E-state index in [0.717, 1.165) is 24.0 Å². The van der Waals surface area contributed by atoms with Crippen LogP contribution in [0, 0.1) is 0 Å². The smallest absolute Gasteiger partial charge is 0.337 e. The first-order valence-electron chi connectivity index (χ1n) is 7.81. The molecule has 4 nitrogen and oxygen atoms in total. The van der Waals surface area contributed by atoms with Crippen LogP contribution in [0.3, 0.4) is 0 Å². The highest BCUT2D eigenvalue weighted by atomic mass is 16.5. The van der Waals surface area contributed by atoms with E-state index in [-0.39, 0.29) is 24.2 Å². The molecule has 1 heterocycles. The maximum Gasteiger partial charge on any atom is 0.337 e. The van der Waals surface area contributed by atoms with E-state index in [4.69, 9.17) is 15.2 Å². The Labute approximate surface area is 136 Å². The standard InChI is InChI=1S/C19H21NO3/c1-22-19(21)15-9-5-8-14(10-15)18-12-16(20)11-17(23-18)13-6-3-2-4-7-13/h2-10,16-18H,11-12,20H2,1H3/t16-,17+,18-/m1/s1. The van der Waals surface area contributed by atoms with Gasteiger partial charge in [0.1, 0.15) is 0 Å². The largest absolute Gasteiger partial charge is 0.465 e. The van der Waals surface area contributed by atoms with Gasteiger partial charge in [-0.1, -0.05) is 42.5 Å². The Morgan fingerprint density at radius 3 is 2.39 bits per heavy atom. The maximum atomic E-state index is 11.7. The van der Waals surface area contributed by atoms with Gasteiger partial charge in [0.15, 0.2) is 0 Å². The van der Waals surface area contributed by atoms with Gasteiger partial charge >= 0.3 is 5.97 Å². The van der Waals surface area contributed by atoms with Gasteiger partial charge in [-0.2, -0.15) is 0 Å². The van der Waals surface area contributed by atoms with Crippen LogP contribution < -0.4 is 5.73 Å². The first-order chi connectivity index (χ1) is 11.2. The van der Waals surface area contributed by atoms with E-state index in [1.807, 2.05) is 36.4 Å². The third kappa shape index (κ3) is 3.60. The van der Waals surface area contributed by atoms with Crippen LogP contribution in [0.4, 0.5) is 0 Å². The number of rotatable bonds is 3. The van der Waals surface area contributed by atoms with E-state index in [9.17, 15) is 4.79 Å². The van der Waals surface area contributed by atoms with E-state index in [1.54, 1.807) is 6.07 Å². The minimum atomic E-state index is -0.341. The zero-order chi connectivity index (χ0) is 16.2. The molecule has 2 aromatic carbocycles. The molecule has 0 aliphatic carbocycles. The third-order valence-corrected chi connectivity index (χ3v) is 4.21. The first-order valence-corrected chi connectivity index (χ1v) is 7.81. The molecule has 0 bridgehead atoms. The molecule has 23 heavy (non-hydrogen) atoms. The summed E-state index contributed by atoms with van der Waals surface area (Å²) in [7, 11) is 1.38. The summed E-state index contributed by atoms with van der Waals surface area (Å²) in [6.45, 7) is 0. The van der Waals surface area contributed by atoms with E-state index in [2.05, 4.69) is 12.1 Å². The number of hydrogen-bond donors (Lipinski definition) is 1. The van der Waals surface area contributed by atoms with E-state index < -0.39 is 0 Å². The van der Waals surface area contributed by atoms with Crippen molar-refractivity contribution in [3.8, 4) is 0 Å². The van der Waals surface area contributed by atoms with Gasteiger partial charge in [0, 0.05) is 6.04 Å². The predicted octanol–water partition coefficient (Wildman–Crippen LogP) is 3.39. The maximum absolute atomic E-state index is 11.7. The highest BCUT2D eigenvalue weighted by molar-refractivity contribution is 5.89. The quantitative estimate of drug-likeness (QED) is 0.883. The number of ether oxygens (including phenoxy) is 2. The predicted molar refractivity (Wildman–Crippen MR) is 88.0 cm³/mol. The second-order valence-electron chi connectivity index (χ2n) is 5.87. The topological polar surface area (TPSA) is 61.5 Å². The molecule has 2 aromatic rings. The van der Waals surface area contributed by atoms with Crippen LogP contribution in [0.2, 0.25) is 0 Å². The number of carbonyl (C=O) groups excluding carboxylic acids is 1. The molecular formula is C19H21NO3. The molecule has 2 N–H and O–H groups in total. The Balaban J connectivity index is 1.83. The molecule has 3 rings (SSSR count). The van der Waals surface area contributed by atoms with Crippen LogP contribution >= 0.6 is 0 Å². The zero-order valence-corrected chi connectivity index (χ0v) is 13.1. The van der Waals surface area contributed by atoms with Gasteiger partial charge in [-0.25, -0.2) is 4.79 Å². The van der Waals surface area contributed by atoms with Crippen molar-refractivity contribution in [1.82, 2.24) is 0 Å². The summed E-state index contributed by atoms with van der Waals surface area (Å²) >= 11 is 0.